The molecule has 0 aliphatic carbocycles. The van der Waals surface area contributed by atoms with Crippen LogP contribution in [0.5, 0.6) is 5.75 Å². The number of benzene rings is 1. The fourth-order valence-electron chi connectivity index (χ4n) is 3.14. The third-order valence-electron chi connectivity index (χ3n) is 4.20. The molecule has 1 heterocycles. The Labute approximate surface area is 132 Å². The molecule has 1 fully saturated rings. The van der Waals surface area contributed by atoms with Gasteiger partial charge >= 0.3 is 0 Å². The van der Waals surface area contributed by atoms with Gasteiger partial charge in [-0.3, -0.25) is 0 Å². The van der Waals surface area contributed by atoms with Crippen LogP contribution >= 0.6 is 0 Å². The molecule has 3 atom stereocenters. The third kappa shape index (κ3) is 4.00. The second-order valence-electron chi connectivity index (χ2n) is 6.09. The molecule has 124 valence electrons. The monoisotopic (exact) mass is 327 g/mol. The van der Waals surface area contributed by atoms with Crippen LogP contribution in [0.4, 0.5) is 0 Å². The Kier molecular flexibility index (Phi) is 5.47. The van der Waals surface area contributed by atoms with E-state index >= 15 is 0 Å². The van der Waals surface area contributed by atoms with Crippen molar-refractivity contribution >= 4 is 9.84 Å². The summed E-state index contributed by atoms with van der Waals surface area (Å²) in [7, 11) is -1.53. The summed E-state index contributed by atoms with van der Waals surface area (Å²) in [6.07, 6.45) is 1.64. The van der Waals surface area contributed by atoms with Crippen LogP contribution in [0.3, 0.4) is 0 Å². The van der Waals surface area contributed by atoms with Crippen molar-refractivity contribution in [1.29, 1.82) is 0 Å². The van der Waals surface area contributed by atoms with Gasteiger partial charge in [0.05, 0.1) is 24.7 Å². The molecule has 0 unspecified atom stereocenters. The van der Waals surface area contributed by atoms with Crippen molar-refractivity contribution in [2.24, 2.45) is 11.7 Å². The molecule has 22 heavy (non-hydrogen) atoms. The lowest BCUT2D eigenvalue weighted by atomic mass is 9.90. The topological polar surface area (TPSA) is 89.6 Å². The first-order chi connectivity index (χ1) is 10.4. The molecule has 1 aliphatic rings. The van der Waals surface area contributed by atoms with Crippen molar-refractivity contribution in [2.75, 3.05) is 18.6 Å². The van der Waals surface area contributed by atoms with E-state index in [1.807, 2.05) is 18.2 Å². The van der Waals surface area contributed by atoms with Gasteiger partial charge in [-0.15, -0.1) is 0 Å². The smallest absolute Gasteiger partial charge is 0.152 e. The van der Waals surface area contributed by atoms with E-state index in [2.05, 4.69) is 6.92 Å². The van der Waals surface area contributed by atoms with Gasteiger partial charge in [0.25, 0.3) is 0 Å². The lowest BCUT2D eigenvalue weighted by Crippen LogP contribution is -2.52. The number of hydrogen-bond donors (Lipinski definition) is 2. The summed E-state index contributed by atoms with van der Waals surface area (Å²) < 4.78 is 29.1. The summed E-state index contributed by atoms with van der Waals surface area (Å²) in [4.78, 5) is 0. The Balaban J connectivity index is 2.20. The summed E-state index contributed by atoms with van der Waals surface area (Å²) in [5.74, 6) is 0.362. The Morgan fingerprint density at radius 2 is 2.09 bits per heavy atom. The van der Waals surface area contributed by atoms with Crippen LogP contribution in [-0.2, 0) is 22.7 Å². The molecule has 1 aliphatic heterocycles. The van der Waals surface area contributed by atoms with Crippen LogP contribution in [0, 0.1) is 5.92 Å². The first kappa shape index (κ1) is 17.2. The van der Waals surface area contributed by atoms with E-state index in [0.717, 1.165) is 29.7 Å². The quantitative estimate of drug-likeness (QED) is 0.839. The molecule has 0 bridgehead atoms. The molecule has 0 spiro atoms. The fraction of sp³-hybridized carbons (Fsp3) is 0.625. The summed E-state index contributed by atoms with van der Waals surface area (Å²) >= 11 is 0. The van der Waals surface area contributed by atoms with Crippen molar-refractivity contribution in [3.05, 3.63) is 29.3 Å². The number of aryl methyl sites for hydroxylation is 1. The van der Waals surface area contributed by atoms with Gasteiger partial charge in [0, 0.05) is 12.0 Å². The lowest BCUT2D eigenvalue weighted by molar-refractivity contribution is 0.0923. The van der Waals surface area contributed by atoms with Gasteiger partial charge in [0.15, 0.2) is 9.84 Å². The molecule has 1 aromatic carbocycles. The highest BCUT2D eigenvalue weighted by Crippen LogP contribution is 2.26. The van der Waals surface area contributed by atoms with Gasteiger partial charge in [-0.25, -0.2) is 8.42 Å². The maximum absolute atomic E-state index is 11.9. The number of ether oxygens (including phenoxy) is 1. The van der Waals surface area contributed by atoms with Gasteiger partial charge in [0.1, 0.15) is 5.75 Å². The molecule has 3 N–H and O–H groups in total. The SMILES string of the molecule is CCCc1cc(C[C@@H]2CS(=O)(=O)C[C@H](N)[C@H]2O)ccc1OC. The van der Waals surface area contributed by atoms with E-state index < -0.39 is 22.0 Å². The summed E-state index contributed by atoms with van der Waals surface area (Å²) in [5.41, 5.74) is 7.89. The van der Waals surface area contributed by atoms with Crippen molar-refractivity contribution in [2.45, 2.75) is 38.3 Å². The summed E-state index contributed by atoms with van der Waals surface area (Å²) in [5, 5.41) is 10.2. The normalized spacial score (nSPS) is 27.5. The molecule has 6 heteroatoms. The standard InChI is InChI=1S/C16H25NO4S/c1-3-4-12-7-11(5-6-15(12)21-2)8-13-9-22(19,20)10-14(17)16(13)18/h5-7,13-14,16,18H,3-4,8-10,17H2,1-2H3/t13-,14+,16+/m1/s1. The summed E-state index contributed by atoms with van der Waals surface area (Å²) in [6.45, 7) is 2.10. The molecule has 0 aromatic heterocycles. The van der Waals surface area contributed by atoms with Crippen LogP contribution in [0.1, 0.15) is 24.5 Å². The molecule has 1 aromatic rings. The van der Waals surface area contributed by atoms with Crippen molar-refractivity contribution in [1.82, 2.24) is 0 Å². The highest BCUT2D eigenvalue weighted by atomic mass is 32.2. The van der Waals surface area contributed by atoms with Gasteiger partial charge in [-0.2, -0.15) is 0 Å². The van der Waals surface area contributed by atoms with Gasteiger partial charge in [-0.1, -0.05) is 25.5 Å². The van der Waals surface area contributed by atoms with Crippen LogP contribution < -0.4 is 10.5 Å². The van der Waals surface area contributed by atoms with Crippen molar-refractivity contribution < 1.29 is 18.3 Å². The minimum absolute atomic E-state index is 0.00297. The first-order valence-electron chi connectivity index (χ1n) is 7.66. The van der Waals surface area contributed by atoms with Gasteiger partial charge < -0.3 is 15.6 Å². The minimum Gasteiger partial charge on any atom is -0.496 e. The minimum atomic E-state index is -3.18. The van der Waals surface area contributed by atoms with Crippen LogP contribution in [-0.4, -0.2) is 44.3 Å². The molecule has 0 saturated carbocycles. The second kappa shape index (κ2) is 6.98. The Morgan fingerprint density at radius 3 is 2.73 bits per heavy atom. The highest BCUT2D eigenvalue weighted by Gasteiger charge is 2.37. The number of hydrogen-bond acceptors (Lipinski definition) is 5. The predicted octanol–water partition coefficient (Wildman–Crippen LogP) is 0.923. The van der Waals surface area contributed by atoms with Crippen molar-refractivity contribution in [3.8, 4) is 5.75 Å². The van der Waals surface area contributed by atoms with E-state index in [0.29, 0.717) is 6.42 Å². The number of sulfone groups is 1. The highest BCUT2D eigenvalue weighted by molar-refractivity contribution is 7.91. The van der Waals surface area contributed by atoms with Crippen LogP contribution in [0.2, 0.25) is 0 Å². The lowest BCUT2D eigenvalue weighted by Gasteiger charge is -2.32. The summed E-state index contributed by atoms with van der Waals surface area (Å²) in [6, 6.07) is 5.18. The molecular formula is C16H25NO4S. The molecular weight excluding hydrogens is 302 g/mol. The Bertz CT molecular complexity index is 615. The predicted molar refractivity (Wildman–Crippen MR) is 86.8 cm³/mol. The number of aliphatic hydroxyl groups excluding tert-OH is 1. The van der Waals surface area contributed by atoms with E-state index in [-0.39, 0.29) is 17.4 Å². The molecule has 1 saturated heterocycles. The molecule has 2 rings (SSSR count). The zero-order chi connectivity index (χ0) is 16.3. The molecule has 0 amide bonds. The number of nitrogens with two attached hydrogens (primary N) is 1. The van der Waals surface area contributed by atoms with E-state index in [4.69, 9.17) is 10.5 Å². The Morgan fingerprint density at radius 1 is 1.36 bits per heavy atom. The molecule has 5 nitrogen and oxygen atoms in total. The molecule has 0 radical (unpaired) electrons. The average molecular weight is 327 g/mol. The maximum atomic E-state index is 11.9. The zero-order valence-corrected chi connectivity index (χ0v) is 14.0. The maximum Gasteiger partial charge on any atom is 0.152 e. The van der Waals surface area contributed by atoms with Crippen LogP contribution in [0.15, 0.2) is 18.2 Å². The third-order valence-corrected chi connectivity index (χ3v) is 6.03. The van der Waals surface area contributed by atoms with E-state index in [1.54, 1.807) is 7.11 Å². The number of rotatable bonds is 5. The van der Waals surface area contributed by atoms with Crippen molar-refractivity contribution in [3.63, 3.8) is 0 Å². The number of methoxy groups -OCH3 is 1. The first-order valence-corrected chi connectivity index (χ1v) is 9.48. The largest absolute Gasteiger partial charge is 0.496 e. The van der Waals surface area contributed by atoms with Gasteiger partial charge in [0.2, 0.25) is 0 Å². The zero-order valence-electron chi connectivity index (χ0n) is 13.2. The Hall–Kier alpha value is -1.11. The van der Waals surface area contributed by atoms with Gasteiger partial charge in [-0.05, 0) is 30.0 Å². The fourth-order valence-corrected chi connectivity index (χ4v) is 5.03. The van der Waals surface area contributed by atoms with E-state index in [1.165, 1.54) is 0 Å². The average Bonchev–Trinajstić information content (AvgIpc) is 2.44. The second-order valence-corrected chi connectivity index (χ2v) is 8.25. The number of aliphatic hydroxyl groups is 1. The van der Waals surface area contributed by atoms with E-state index in [9.17, 15) is 13.5 Å². The van der Waals surface area contributed by atoms with Crippen LogP contribution in [0.25, 0.3) is 0 Å².